The maximum atomic E-state index is 12.1. The van der Waals surface area contributed by atoms with Crippen molar-refractivity contribution in [2.24, 2.45) is 5.92 Å². The largest absolute Gasteiger partial charge is 0.481 e. The molecule has 0 aliphatic carbocycles. The molecule has 1 amide bonds. The average molecular weight is 376 g/mol. The minimum Gasteiger partial charge on any atom is -0.481 e. The van der Waals surface area contributed by atoms with Gasteiger partial charge in [0.05, 0.1) is 0 Å². The molecule has 0 radical (unpaired) electrons. The summed E-state index contributed by atoms with van der Waals surface area (Å²) >= 11 is 6.17. The van der Waals surface area contributed by atoms with E-state index in [9.17, 15) is 9.59 Å². The van der Waals surface area contributed by atoms with Crippen LogP contribution in [0.5, 0.6) is 5.75 Å². The molecular formula is C20H22ClNO4. The highest BCUT2D eigenvalue weighted by atomic mass is 35.5. The number of piperidine rings is 1. The zero-order valence-corrected chi connectivity index (χ0v) is 15.5. The molecule has 138 valence electrons. The zero-order valence-electron chi connectivity index (χ0n) is 14.7. The number of amides is 1. The van der Waals surface area contributed by atoms with E-state index in [-0.39, 0.29) is 19.1 Å². The predicted molar refractivity (Wildman–Crippen MR) is 100 cm³/mol. The van der Waals surface area contributed by atoms with Crippen LogP contribution in [-0.2, 0) is 14.3 Å². The van der Waals surface area contributed by atoms with Crippen LogP contribution in [0.25, 0.3) is 10.8 Å². The third kappa shape index (κ3) is 4.47. The lowest BCUT2D eigenvalue weighted by atomic mass is 10.0. The first-order chi connectivity index (χ1) is 12.5. The van der Waals surface area contributed by atoms with Gasteiger partial charge in [0, 0.05) is 28.9 Å². The normalized spacial score (nSPS) is 17.2. The van der Waals surface area contributed by atoms with Crippen molar-refractivity contribution in [2.75, 3.05) is 26.3 Å². The molecule has 0 N–H and O–H groups in total. The van der Waals surface area contributed by atoms with Gasteiger partial charge in [-0.25, -0.2) is 4.79 Å². The van der Waals surface area contributed by atoms with Gasteiger partial charge in [0.1, 0.15) is 5.75 Å². The minimum absolute atomic E-state index is 0.151. The summed E-state index contributed by atoms with van der Waals surface area (Å²) in [6.07, 6.45) is 2.13. The number of likely N-dealkylation sites (tertiary alicyclic amines) is 1. The van der Waals surface area contributed by atoms with Gasteiger partial charge in [0.15, 0.2) is 13.2 Å². The Labute approximate surface area is 157 Å². The number of ether oxygens (including phenoxy) is 2. The zero-order chi connectivity index (χ0) is 18.5. The third-order valence-corrected chi connectivity index (χ3v) is 4.87. The standard InChI is InChI=1S/C20H22ClNO4/c1-14-5-4-10-22(11-14)19(23)12-26-20(24)13-25-18-9-8-17(21)15-6-2-3-7-16(15)18/h2-3,6-9,14H,4-5,10-13H2,1H3/t14-/m1/s1. The van der Waals surface area contributed by atoms with Crippen LogP contribution in [-0.4, -0.2) is 43.1 Å². The van der Waals surface area contributed by atoms with Crippen LogP contribution in [0.4, 0.5) is 0 Å². The monoisotopic (exact) mass is 375 g/mol. The molecule has 5 nitrogen and oxygen atoms in total. The van der Waals surface area contributed by atoms with E-state index < -0.39 is 5.97 Å². The minimum atomic E-state index is -0.567. The molecule has 1 aliphatic heterocycles. The smallest absolute Gasteiger partial charge is 0.344 e. The molecule has 2 aromatic carbocycles. The molecule has 0 bridgehead atoms. The van der Waals surface area contributed by atoms with Crippen molar-refractivity contribution in [2.45, 2.75) is 19.8 Å². The van der Waals surface area contributed by atoms with E-state index in [1.165, 1.54) is 0 Å². The van der Waals surface area contributed by atoms with Crippen LogP contribution in [0.15, 0.2) is 36.4 Å². The number of hydrogen-bond donors (Lipinski definition) is 0. The predicted octanol–water partition coefficient (Wildman–Crippen LogP) is 3.67. The highest BCUT2D eigenvalue weighted by Gasteiger charge is 2.21. The fraction of sp³-hybridized carbons (Fsp3) is 0.400. The van der Waals surface area contributed by atoms with Gasteiger partial charge in [-0.05, 0) is 30.9 Å². The molecule has 0 spiro atoms. The van der Waals surface area contributed by atoms with Gasteiger partial charge < -0.3 is 14.4 Å². The van der Waals surface area contributed by atoms with Crippen molar-refractivity contribution in [1.29, 1.82) is 0 Å². The van der Waals surface area contributed by atoms with Crippen molar-refractivity contribution in [3.63, 3.8) is 0 Å². The molecular weight excluding hydrogens is 354 g/mol. The lowest BCUT2D eigenvalue weighted by Crippen LogP contribution is -2.41. The van der Waals surface area contributed by atoms with Crippen molar-refractivity contribution in [1.82, 2.24) is 4.90 Å². The van der Waals surface area contributed by atoms with E-state index in [1.54, 1.807) is 17.0 Å². The van der Waals surface area contributed by atoms with Crippen LogP contribution in [0.3, 0.4) is 0 Å². The second kappa shape index (κ2) is 8.41. The molecule has 1 saturated heterocycles. The van der Waals surface area contributed by atoms with Crippen LogP contribution >= 0.6 is 11.6 Å². The molecule has 0 saturated carbocycles. The Hall–Kier alpha value is -2.27. The Balaban J connectivity index is 1.52. The van der Waals surface area contributed by atoms with E-state index in [0.29, 0.717) is 16.7 Å². The summed E-state index contributed by atoms with van der Waals surface area (Å²) in [5, 5.41) is 2.30. The summed E-state index contributed by atoms with van der Waals surface area (Å²) in [5.41, 5.74) is 0. The van der Waals surface area contributed by atoms with E-state index in [4.69, 9.17) is 21.1 Å². The highest BCUT2D eigenvalue weighted by molar-refractivity contribution is 6.35. The first-order valence-electron chi connectivity index (χ1n) is 8.78. The van der Waals surface area contributed by atoms with Crippen LogP contribution < -0.4 is 4.74 Å². The van der Waals surface area contributed by atoms with Crippen molar-refractivity contribution in [3.05, 3.63) is 41.4 Å². The third-order valence-electron chi connectivity index (χ3n) is 4.54. The lowest BCUT2D eigenvalue weighted by molar-refractivity contribution is -0.154. The summed E-state index contributed by atoms with van der Waals surface area (Å²) < 4.78 is 10.6. The molecule has 1 atom stereocenters. The van der Waals surface area contributed by atoms with Crippen LogP contribution in [0, 0.1) is 5.92 Å². The van der Waals surface area contributed by atoms with Crippen molar-refractivity contribution in [3.8, 4) is 5.75 Å². The number of benzene rings is 2. The number of halogens is 1. The molecule has 1 fully saturated rings. The Morgan fingerprint density at radius 3 is 2.69 bits per heavy atom. The van der Waals surface area contributed by atoms with E-state index in [0.717, 1.165) is 36.7 Å². The van der Waals surface area contributed by atoms with Gasteiger partial charge in [-0.2, -0.15) is 0 Å². The summed E-state index contributed by atoms with van der Waals surface area (Å²) in [6, 6.07) is 11.0. The number of nitrogens with zero attached hydrogens (tertiary/aromatic N) is 1. The molecule has 1 aliphatic rings. The molecule has 0 aromatic heterocycles. The fourth-order valence-corrected chi connectivity index (χ4v) is 3.42. The molecule has 3 rings (SSSR count). The molecule has 26 heavy (non-hydrogen) atoms. The number of carbonyl (C=O) groups is 2. The van der Waals surface area contributed by atoms with Crippen molar-refractivity contribution >= 4 is 34.2 Å². The number of hydrogen-bond acceptors (Lipinski definition) is 4. The maximum absolute atomic E-state index is 12.1. The van der Waals surface area contributed by atoms with E-state index >= 15 is 0 Å². The van der Waals surface area contributed by atoms with E-state index in [2.05, 4.69) is 6.92 Å². The molecule has 1 heterocycles. The van der Waals surface area contributed by atoms with Crippen molar-refractivity contribution < 1.29 is 19.1 Å². The average Bonchev–Trinajstić information content (AvgIpc) is 2.66. The number of fused-ring (bicyclic) bond motifs is 1. The Morgan fingerprint density at radius 1 is 1.15 bits per heavy atom. The Kier molecular flexibility index (Phi) is 5.99. The van der Waals surface area contributed by atoms with Gasteiger partial charge in [0.25, 0.3) is 5.91 Å². The van der Waals surface area contributed by atoms with Crippen LogP contribution in [0.2, 0.25) is 5.02 Å². The maximum Gasteiger partial charge on any atom is 0.344 e. The Morgan fingerprint density at radius 2 is 1.92 bits per heavy atom. The van der Waals surface area contributed by atoms with Crippen LogP contribution in [0.1, 0.15) is 19.8 Å². The SMILES string of the molecule is C[C@@H]1CCCN(C(=O)COC(=O)COc2ccc(Cl)c3ccccc23)C1. The topological polar surface area (TPSA) is 55.8 Å². The van der Waals surface area contributed by atoms with Gasteiger partial charge in [-0.15, -0.1) is 0 Å². The first-order valence-corrected chi connectivity index (χ1v) is 9.16. The second-order valence-electron chi connectivity index (χ2n) is 6.63. The van der Waals surface area contributed by atoms with Gasteiger partial charge in [-0.1, -0.05) is 42.8 Å². The highest BCUT2D eigenvalue weighted by Crippen LogP contribution is 2.31. The van der Waals surface area contributed by atoms with Gasteiger partial charge in [-0.3, -0.25) is 4.79 Å². The molecule has 0 unspecified atom stereocenters. The first kappa shape index (κ1) is 18.5. The van der Waals surface area contributed by atoms with Gasteiger partial charge >= 0.3 is 5.97 Å². The number of carbonyl (C=O) groups excluding carboxylic acids is 2. The number of esters is 1. The Bertz CT molecular complexity index is 807. The number of rotatable bonds is 5. The quantitative estimate of drug-likeness (QED) is 0.748. The fourth-order valence-electron chi connectivity index (χ4n) is 3.19. The molecule has 6 heteroatoms. The molecule has 2 aromatic rings. The second-order valence-corrected chi connectivity index (χ2v) is 7.03. The van der Waals surface area contributed by atoms with Gasteiger partial charge in [0.2, 0.25) is 0 Å². The summed E-state index contributed by atoms with van der Waals surface area (Å²) in [4.78, 5) is 25.8. The lowest BCUT2D eigenvalue weighted by Gasteiger charge is -2.30. The summed E-state index contributed by atoms with van der Waals surface area (Å²) in [6.45, 7) is 3.08. The van der Waals surface area contributed by atoms with E-state index in [1.807, 2.05) is 24.3 Å². The summed E-state index contributed by atoms with van der Waals surface area (Å²) in [7, 11) is 0. The summed E-state index contributed by atoms with van der Waals surface area (Å²) in [5.74, 6) is 0.326.